The van der Waals surface area contributed by atoms with Gasteiger partial charge in [0.15, 0.2) is 10.7 Å². The molecule has 1 aromatic rings. The van der Waals surface area contributed by atoms with Crippen LogP contribution in [0.3, 0.4) is 0 Å². The second kappa shape index (κ2) is 4.98. The molecule has 2 fully saturated rings. The van der Waals surface area contributed by atoms with Gasteiger partial charge in [-0.3, -0.25) is 4.79 Å². The first-order valence-corrected chi connectivity index (χ1v) is 8.37. The third kappa shape index (κ3) is 1.85. The summed E-state index contributed by atoms with van der Waals surface area (Å²) in [5.41, 5.74) is 0.0960. The summed E-state index contributed by atoms with van der Waals surface area (Å²) in [6, 6.07) is 5.00. The van der Waals surface area contributed by atoms with E-state index in [1.54, 1.807) is 13.2 Å². The van der Waals surface area contributed by atoms with Gasteiger partial charge in [-0.25, -0.2) is 4.39 Å². The number of carbonyl (C=O) groups excluding carboxylic acids is 1. The van der Waals surface area contributed by atoms with E-state index in [1.165, 1.54) is 6.07 Å². The molecule has 4 nitrogen and oxygen atoms in total. The Hall–Kier alpha value is -1.53. The van der Waals surface area contributed by atoms with Crippen LogP contribution in [0.1, 0.15) is 36.8 Å². The maximum Gasteiger partial charge on any atom is 0.257 e. The molecule has 2 spiro atoms. The summed E-state index contributed by atoms with van der Waals surface area (Å²) in [6.07, 6.45) is 4.13. The monoisotopic (exact) mass is 334 g/mol. The first kappa shape index (κ1) is 15.0. The number of amides is 1. The molecule has 1 saturated heterocycles. The third-order valence-corrected chi connectivity index (χ3v) is 6.13. The molecule has 1 aliphatic heterocycles. The van der Waals surface area contributed by atoms with E-state index >= 15 is 0 Å². The van der Waals surface area contributed by atoms with Gasteiger partial charge in [0, 0.05) is 12.5 Å². The summed E-state index contributed by atoms with van der Waals surface area (Å²) in [5, 5.41) is 6.29. The number of fused-ring (bicyclic) bond motifs is 3. The molecule has 0 aromatic heterocycles. The molecule has 4 rings (SSSR count). The largest absolute Gasteiger partial charge is 0.381 e. The lowest BCUT2D eigenvalue weighted by Crippen LogP contribution is -2.56. The van der Waals surface area contributed by atoms with Crippen molar-refractivity contribution in [3.63, 3.8) is 0 Å². The highest BCUT2D eigenvalue weighted by atomic mass is 32.1. The van der Waals surface area contributed by atoms with E-state index in [0.717, 1.165) is 31.2 Å². The number of halogens is 1. The van der Waals surface area contributed by atoms with E-state index in [1.807, 2.05) is 6.07 Å². The third-order valence-electron chi connectivity index (χ3n) is 5.93. The topological polar surface area (TPSA) is 50.4 Å². The van der Waals surface area contributed by atoms with Crippen LogP contribution in [0.2, 0.25) is 0 Å². The van der Waals surface area contributed by atoms with Crippen LogP contribution in [0.4, 0.5) is 4.39 Å². The Balaban J connectivity index is 1.86. The Kier molecular flexibility index (Phi) is 3.25. The molecular weight excluding hydrogens is 315 g/mol. The fourth-order valence-electron chi connectivity index (χ4n) is 4.80. The number of ether oxygens (including phenoxy) is 1. The van der Waals surface area contributed by atoms with Crippen LogP contribution >= 0.6 is 12.2 Å². The van der Waals surface area contributed by atoms with Crippen molar-refractivity contribution >= 4 is 23.2 Å². The number of carbonyl (C=O) groups is 1. The summed E-state index contributed by atoms with van der Waals surface area (Å²) >= 11 is 5.20. The number of nitrogens with one attached hydrogen (secondary N) is 2. The molecule has 3 aliphatic rings. The maximum atomic E-state index is 14.4. The molecule has 1 saturated carbocycles. The number of rotatable bonds is 1. The molecule has 0 radical (unpaired) electrons. The smallest absolute Gasteiger partial charge is 0.257 e. The average molecular weight is 334 g/mol. The SMILES string of the molecule is CO[C@H]1CC[C@]2(CC1)Cc1c(F)cccc1C21NC(=S)NC1=O. The van der Waals surface area contributed by atoms with Crippen LogP contribution in [0.5, 0.6) is 0 Å². The van der Waals surface area contributed by atoms with Gasteiger partial charge in [0.05, 0.1) is 6.10 Å². The van der Waals surface area contributed by atoms with Crippen molar-refractivity contribution in [3.8, 4) is 0 Å². The lowest BCUT2D eigenvalue weighted by molar-refractivity contribution is -0.131. The zero-order chi connectivity index (χ0) is 16.2. The second-order valence-corrected chi connectivity index (χ2v) is 7.22. The van der Waals surface area contributed by atoms with Crippen LogP contribution in [-0.2, 0) is 21.5 Å². The van der Waals surface area contributed by atoms with Crippen LogP contribution < -0.4 is 10.6 Å². The van der Waals surface area contributed by atoms with Gasteiger partial charge in [0.2, 0.25) is 0 Å². The van der Waals surface area contributed by atoms with Gasteiger partial charge in [-0.15, -0.1) is 0 Å². The highest BCUT2D eigenvalue weighted by Crippen LogP contribution is 2.59. The maximum absolute atomic E-state index is 14.4. The molecule has 2 N–H and O–H groups in total. The van der Waals surface area contributed by atoms with E-state index in [9.17, 15) is 9.18 Å². The minimum Gasteiger partial charge on any atom is -0.381 e. The number of hydrogen-bond acceptors (Lipinski definition) is 3. The fraction of sp³-hybridized carbons (Fsp3) is 0.529. The zero-order valence-electron chi connectivity index (χ0n) is 12.9. The Morgan fingerprint density at radius 2 is 2.09 bits per heavy atom. The van der Waals surface area contributed by atoms with Gasteiger partial charge in [0.25, 0.3) is 5.91 Å². The molecule has 23 heavy (non-hydrogen) atoms. The Labute approximate surface area is 139 Å². The van der Waals surface area contributed by atoms with Gasteiger partial charge in [0.1, 0.15) is 5.82 Å². The molecule has 1 heterocycles. The van der Waals surface area contributed by atoms with E-state index in [2.05, 4.69) is 10.6 Å². The lowest BCUT2D eigenvalue weighted by atomic mass is 9.61. The van der Waals surface area contributed by atoms with E-state index in [-0.39, 0.29) is 23.2 Å². The number of benzene rings is 1. The van der Waals surface area contributed by atoms with Crippen molar-refractivity contribution in [3.05, 3.63) is 35.1 Å². The predicted molar refractivity (Wildman–Crippen MR) is 87.4 cm³/mol. The van der Waals surface area contributed by atoms with Gasteiger partial charge in [-0.2, -0.15) is 0 Å². The van der Waals surface area contributed by atoms with Crippen LogP contribution in [0.15, 0.2) is 18.2 Å². The normalized spacial score (nSPS) is 35.5. The second-order valence-electron chi connectivity index (χ2n) is 6.82. The molecule has 6 heteroatoms. The van der Waals surface area contributed by atoms with Crippen molar-refractivity contribution in [2.24, 2.45) is 5.41 Å². The lowest BCUT2D eigenvalue weighted by Gasteiger charge is -2.46. The molecule has 1 amide bonds. The van der Waals surface area contributed by atoms with Crippen LogP contribution in [0.25, 0.3) is 0 Å². The number of hydrogen-bond donors (Lipinski definition) is 2. The van der Waals surface area contributed by atoms with E-state index < -0.39 is 5.54 Å². The first-order chi connectivity index (χ1) is 11.0. The Bertz CT molecular complexity index is 700. The molecule has 1 atom stereocenters. The standard InChI is InChI=1S/C17H19FN2O2S/c1-22-10-5-7-16(8-6-10)9-11-12(3-2-4-13(11)18)17(16)14(21)19-15(23)20-17/h2-4,10H,5-9H2,1H3,(H2,19,20,21,23)/t10-,16-,17?. The molecule has 1 aromatic carbocycles. The highest BCUT2D eigenvalue weighted by molar-refractivity contribution is 7.80. The minimum absolute atomic E-state index is 0.150. The summed E-state index contributed by atoms with van der Waals surface area (Å²) in [7, 11) is 1.72. The van der Waals surface area contributed by atoms with Gasteiger partial charge in [-0.05, 0) is 61.5 Å². The Morgan fingerprint density at radius 3 is 2.70 bits per heavy atom. The van der Waals surface area contributed by atoms with Crippen LogP contribution in [0, 0.1) is 11.2 Å². The molecule has 2 aliphatic carbocycles. The molecule has 1 unspecified atom stereocenters. The van der Waals surface area contributed by atoms with Crippen molar-refractivity contribution in [2.45, 2.75) is 43.7 Å². The predicted octanol–water partition coefficient (Wildman–Crippen LogP) is 2.16. The molecule has 122 valence electrons. The quantitative estimate of drug-likeness (QED) is 0.773. The number of methoxy groups -OCH3 is 1. The fourth-order valence-corrected chi connectivity index (χ4v) is 5.04. The Morgan fingerprint density at radius 1 is 1.35 bits per heavy atom. The summed E-state index contributed by atoms with van der Waals surface area (Å²) in [5.74, 6) is -0.386. The van der Waals surface area contributed by atoms with Gasteiger partial charge >= 0.3 is 0 Å². The molecular formula is C17H19FN2O2S. The summed E-state index contributed by atoms with van der Waals surface area (Å²) in [6.45, 7) is 0. The van der Waals surface area contributed by atoms with Crippen molar-refractivity contribution in [1.82, 2.24) is 10.6 Å². The number of thiocarbonyl (C=S) groups is 1. The van der Waals surface area contributed by atoms with E-state index in [0.29, 0.717) is 17.1 Å². The van der Waals surface area contributed by atoms with Crippen molar-refractivity contribution in [1.29, 1.82) is 0 Å². The van der Waals surface area contributed by atoms with Gasteiger partial charge in [-0.1, -0.05) is 12.1 Å². The van der Waals surface area contributed by atoms with Gasteiger partial charge < -0.3 is 15.4 Å². The highest BCUT2D eigenvalue weighted by Gasteiger charge is 2.65. The average Bonchev–Trinajstić information content (AvgIpc) is 2.99. The first-order valence-electron chi connectivity index (χ1n) is 7.97. The van der Waals surface area contributed by atoms with Crippen molar-refractivity contribution < 1.29 is 13.9 Å². The summed E-state index contributed by atoms with van der Waals surface area (Å²) in [4.78, 5) is 12.9. The van der Waals surface area contributed by atoms with E-state index in [4.69, 9.17) is 17.0 Å². The van der Waals surface area contributed by atoms with Crippen LogP contribution in [-0.4, -0.2) is 24.2 Å². The minimum atomic E-state index is -0.944. The molecule has 0 bridgehead atoms. The summed E-state index contributed by atoms with van der Waals surface area (Å²) < 4.78 is 19.9. The zero-order valence-corrected chi connectivity index (χ0v) is 13.8. The van der Waals surface area contributed by atoms with Crippen molar-refractivity contribution in [2.75, 3.05) is 7.11 Å².